The molecule has 0 N–H and O–H groups in total. The van der Waals surface area contributed by atoms with E-state index in [1.54, 1.807) is 0 Å². The van der Waals surface area contributed by atoms with Gasteiger partial charge in [-0.15, -0.1) is 0 Å². The van der Waals surface area contributed by atoms with Gasteiger partial charge in [-0.2, -0.15) is 0 Å². The molecule has 102 valence electrons. The molecule has 2 aromatic rings. The summed E-state index contributed by atoms with van der Waals surface area (Å²) in [5.74, 6) is 0.323. The van der Waals surface area contributed by atoms with Crippen LogP contribution in [0, 0.1) is 0 Å². The quantitative estimate of drug-likeness (QED) is 0.832. The molecule has 0 aromatic heterocycles. The number of anilines is 2. The monoisotopic (exact) mass is 265 g/mol. The zero-order chi connectivity index (χ0) is 13.9. The van der Waals surface area contributed by atoms with Gasteiger partial charge in [0.25, 0.3) is 0 Å². The van der Waals surface area contributed by atoms with Crippen LogP contribution in [0.2, 0.25) is 0 Å². The van der Waals surface area contributed by atoms with Crippen molar-refractivity contribution in [1.29, 1.82) is 0 Å². The minimum Gasteiger partial charge on any atom is -0.331 e. The summed E-state index contributed by atoms with van der Waals surface area (Å²) in [5.41, 5.74) is 3.61. The molecule has 3 rings (SSSR count). The molecule has 2 heteroatoms. The average Bonchev–Trinajstić information content (AvgIpc) is 2.53. The standard InChI is InChI=1S/C18H19NO/c1-2-18(20)17-13-12-14-8-6-7-11-16(14)19(17)15-9-4-3-5-10-15/h3-11,17H,2,12-13H2,1H3. The molecule has 0 saturated carbocycles. The maximum absolute atomic E-state index is 12.3. The van der Waals surface area contributed by atoms with Crippen LogP contribution in [0.4, 0.5) is 11.4 Å². The van der Waals surface area contributed by atoms with E-state index >= 15 is 0 Å². The van der Waals surface area contributed by atoms with Gasteiger partial charge in [0.05, 0.1) is 6.04 Å². The topological polar surface area (TPSA) is 20.3 Å². The van der Waals surface area contributed by atoms with E-state index in [9.17, 15) is 4.79 Å². The van der Waals surface area contributed by atoms with Crippen molar-refractivity contribution in [3.8, 4) is 0 Å². The molecule has 0 aliphatic carbocycles. The highest BCUT2D eigenvalue weighted by molar-refractivity contribution is 5.90. The van der Waals surface area contributed by atoms with E-state index in [0.29, 0.717) is 12.2 Å². The highest BCUT2D eigenvalue weighted by atomic mass is 16.1. The Morgan fingerprint density at radius 3 is 2.55 bits per heavy atom. The normalized spacial score (nSPS) is 17.6. The fourth-order valence-electron chi connectivity index (χ4n) is 2.99. The number of hydrogen-bond donors (Lipinski definition) is 0. The van der Waals surface area contributed by atoms with Gasteiger partial charge < -0.3 is 4.90 Å². The summed E-state index contributed by atoms with van der Waals surface area (Å²) in [6, 6.07) is 18.6. The van der Waals surface area contributed by atoms with E-state index in [1.165, 1.54) is 11.3 Å². The van der Waals surface area contributed by atoms with Crippen LogP contribution in [0.3, 0.4) is 0 Å². The van der Waals surface area contributed by atoms with E-state index in [2.05, 4.69) is 35.2 Å². The lowest BCUT2D eigenvalue weighted by molar-refractivity contribution is -0.120. The number of rotatable bonds is 3. The molecule has 0 radical (unpaired) electrons. The number of nitrogens with zero attached hydrogens (tertiary/aromatic N) is 1. The summed E-state index contributed by atoms with van der Waals surface area (Å²) in [5, 5.41) is 0. The van der Waals surface area contributed by atoms with Gasteiger partial charge in [-0.1, -0.05) is 43.3 Å². The summed E-state index contributed by atoms with van der Waals surface area (Å²) >= 11 is 0. The van der Waals surface area contributed by atoms with Crippen molar-refractivity contribution in [3.05, 3.63) is 60.2 Å². The van der Waals surface area contributed by atoms with Crippen molar-refractivity contribution < 1.29 is 4.79 Å². The predicted molar refractivity (Wildman–Crippen MR) is 82.4 cm³/mol. The summed E-state index contributed by atoms with van der Waals surface area (Å²) in [6.45, 7) is 1.95. The molecule has 2 aromatic carbocycles. The number of para-hydroxylation sites is 2. The Morgan fingerprint density at radius 2 is 1.80 bits per heavy atom. The molecule has 1 heterocycles. The Kier molecular flexibility index (Phi) is 3.55. The van der Waals surface area contributed by atoms with Gasteiger partial charge in [-0.25, -0.2) is 0 Å². The van der Waals surface area contributed by atoms with Crippen LogP contribution in [0.5, 0.6) is 0 Å². The van der Waals surface area contributed by atoms with E-state index in [0.717, 1.165) is 18.5 Å². The minimum atomic E-state index is -0.0303. The molecule has 0 bridgehead atoms. The van der Waals surface area contributed by atoms with E-state index < -0.39 is 0 Å². The van der Waals surface area contributed by atoms with Crippen LogP contribution in [0.25, 0.3) is 0 Å². The third-order valence-electron chi connectivity index (χ3n) is 4.00. The zero-order valence-corrected chi connectivity index (χ0v) is 11.8. The maximum Gasteiger partial charge on any atom is 0.155 e. The van der Waals surface area contributed by atoms with Crippen LogP contribution in [-0.4, -0.2) is 11.8 Å². The van der Waals surface area contributed by atoms with Crippen LogP contribution in [0.1, 0.15) is 25.3 Å². The number of ketones is 1. The number of Topliss-reactive ketones (excluding diaryl/α,β-unsaturated/α-hetero) is 1. The molecular formula is C18H19NO. The van der Waals surface area contributed by atoms with Crippen molar-refractivity contribution >= 4 is 17.2 Å². The minimum absolute atomic E-state index is 0.0303. The van der Waals surface area contributed by atoms with Crippen molar-refractivity contribution in [2.45, 2.75) is 32.2 Å². The van der Waals surface area contributed by atoms with Gasteiger partial charge >= 0.3 is 0 Å². The smallest absolute Gasteiger partial charge is 0.155 e. The van der Waals surface area contributed by atoms with Crippen LogP contribution >= 0.6 is 0 Å². The molecule has 1 unspecified atom stereocenters. The van der Waals surface area contributed by atoms with Crippen LogP contribution < -0.4 is 4.90 Å². The second-order valence-electron chi connectivity index (χ2n) is 5.21. The second-order valence-corrected chi connectivity index (χ2v) is 5.21. The summed E-state index contributed by atoms with van der Waals surface area (Å²) in [7, 11) is 0. The second kappa shape index (κ2) is 5.49. The molecule has 1 atom stereocenters. The molecule has 20 heavy (non-hydrogen) atoms. The Bertz CT molecular complexity index is 606. The zero-order valence-electron chi connectivity index (χ0n) is 11.8. The van der Waals surface area contributed by atoms with Gasteiger partial charge in [-0.3, -0.25) is 4.79 Å². The first kappa shape index (κ1) is 12.9. The highest BCUT2D eigenvalue weighted by Gasteiger charge is 2.31. The molecule has 1 aliphatic heterocycles. The number of aryl methyl sites for hydroxylation is 1. The first-order valence-electron chi connectivity index (χ1n) is 7.26. The van der Waals surface area contributed by atoms with Crippen molar-refractivity contribution in [3.63, 3.8) is 0 Å². The van der Waals surface area contributed by atoms with Crippen molar-refractivity contribution in [2.24, 2.45) is 0 Å². The number of benzene rings is 2. The predicted octanol–water partition coefficient (Wildman–Crippen LogP) is 4.12. The highest BCUT2D eigenvalue weighted by Crippen LogP contribution is 2.37. The summed E-state index contributed by atoms with van der Waals surface area (Å²) in [4.78, 5) is 14.5. The van der Waals surface area contributed by atoms with E-state index in [-0.39, 0.29) is 6.04 Å². The van der Waals surface area contributed by atoms with Gasteiger partial charge in [-0.05, 0) is 36.6 Å². The number of fused-ring (bicyclic) bond motifs is 1. The fraction of sp³-hybridized carbons (Fsp3) is 0.278. The largest absolute Gasteiger partial charge is 0.331 e. The third kappa shape index (κ3) is 2.22. The van der Waals surface area contributed by atoms with E-state index in [4.69, 9.17) is 0 Å². The van der Waals surface area contributed by atoms with Gasteiger partial charge in [0, 0.05) is 17.8 Å². The fourth-order valence-corrected chi connectivity index (χ4v) is 2.99. The number of carbonyl (C=O) groups excluding carboxylic acids is 1. The summed E-state index contributed by atoms with van der Waals surface area (Å²) in [6.07, 6.45) is 2.48. The number of carbonyl (C=O) groups is 1. The molecule has 0 saturated heterocycles. The molecular weight excluding hydrogens is 246 g/mol. The van der Waals surface area contributed by atoms with Gasteiger partial charge in [0.2, 0.25) is 0 Å². The van der Waals surface area contributed by atoms with Crippen LogP contribution in [-0.2, 0) is 11.2 Å². The maximum atomic E-state index is 12.3. The van der Waals surface area contributed by atoms with Crippen molar-refractivity contribution in [1.82, 2.24) is 0 Å². The first-order chi connectivity index (χ1) is 9.81. The Hall–Kier alpha value is -2.09. The van der Waals surface area contributed by atoms with Gasteiger partial charge in [0.1, 0.15) is 0 Å². The molecule has 0 amide bonds. The lowest BCUT2D eigenvalue weighted by Gasteiger charge is -2.38. The van der Waals surface area contributed by atoms with Crippen molar-refractivity contribution in [2.75, 3.05) is 4.90 Å². The van der Waals surface area contributed by atoms with E-state index in [1.807, 2.05) is 31.2 Å². The third-order valence-corrected chi connectivity index (χ3v) is 4.00. The average molecular weight is 265 g/mol. The van der Waals surface area contributed by atoms with Crippen LogP contribution in [0.15, 0.2) is 54.6 Å². The first-order valence-corrected chi connectivity index (χ1v) is 7.26. The molecule has 1 aliphatic rings. The Labute approximate surface area is 120 Å². The lowest BCUT2D eigenvalue weighted by Crippen LogP contribution is -2.41. The molecule has 2 nitrogen and oxygen atoms in total. The number of hydrogen-bond acceptors (Lipinski definition) is 2. The van der Waals surface area contributed by atoms with Gasteiger partial charge in [0.15, 0.2) is 5.78 Å². The Balaban J connectivity index is 2.10. The lowest BCUT2D eigenvalue weighted by atomic mass is 9.92. The Morgan fingerprint density at radius 1 is 1.10 bits per heavy atom. The summed E-state index contributed by atoms with van der Waals surface area (Å²) < 4.78 is 0. The SMILES string of the molecule is CCC(=O)C1CCc2ccccc2N1c1ccccc1. The molecule has 0 fully saturated rings. The molecule has 0 spiro atoms.